The number of anilines is 1. The predicted octanol–water partition coefficient (Wildman–Crippen LogP) is 4.61. The van der Waals surface area contributed by atoms with Gasteiger partial charge < -0.3 is 15.0 Å². The van der Waals surface area contributed by atoms with Crippen LogP contribution < -0.4 is 10.5 Å². The van der Waals surface area contributed by atoms with E-state index in [2.05, 4.69) is 11.5 Å². The molecule has 0 saturated carbocycles. The Kier molecular flexibility index (Phi) is 3.94. The topological polar surface area (TPSA) is 53.1 Å². The zero-order valence-electron chi connectivity index (χ0n) is 13.5. The van der Waals surface area contributed by atoms with E-state index in [-0.39, 0.29) is 0 Å². The first-order chi connectivity index (χ1) is 10.9. The number of imidazole rings is 1. The summed E-state index contributed by atoms with van der Waals surface area (Å²) in [4.78, 5) is 4.76. The van der Waals surface area contributed by atoms with E-state index in [1.807, 2.05) is 56.3 Å². The van der Waals surface area contributed by atoms with Crippen molar-refractivity contribution in [1.82, 2.24) is 9.55 Å². The van der Waals surface area contributed by atoms with Gasteiger partial charge in [-0.2, -0.15) is 0 Å². The van der Waals surface area contributed by atoms with E-state index < -0.39 is 5.60 Å². The molecule has 0 amide bonds. The van der Waals surface area contributed by atoms with Crippen LogP contribution in [-0.4, -0.2) is 9.55 Å². The Morgan fingerprint density at radius 2 is 1.87 bits per heavy atom. The molecule has 2 N–H and O–H groups in total. The average Bonchev–Trinajstić information content (AvgIpc) is 2.88. The summed E-state index contributed by atoms with van der Waals surface area (Å²) in [5.74, 6) is 1.63. The molecule has 0 saturated heterocycles. The summed E-state index contributed by atoms with van der Waals surface area (Å²) in [5, 5.41) is 0.705. The van der Waals surface area contributed by atoms with Crippen molar-refractivity contribution in [3.63, 3.8) is 0 Å². The first-order valence-corrected chi connectivity index (χ1v) is 7.99. The number of hydrogen-bond acceptors (Lipinski definition) is 3. The monoisotopic (exact) mass is 329 g/mol. The normalized spacial score (nSPS) is 11.8. The second kappa shape index (κ2) is 5.78. The maximum atomic E-state index is 6.17. The van der Waals surface area contributed by atoms with Crippen LogP contribution in [0.4, 0.5) is 5.69 Å². The number of ether oxygens (including phenoxy) is 1. The van der Waals surface area contributed by atoms with Gasteiger partial charge in [0.1, 0.15) is 5.75 Å². The van der Waals surface area contributed by atoms with Gasteiger partial charge in [-0.1, -0.05) is 11.6 Å². The van der Waals surface area contributed by atoms with Gasteiger partial charge in [0, 0.05) is 17.3 Å². The van der Waals surface area contributed by atoms with Crippen LogP contribution in [0.3, 0.4) is 0 Å². The van der Waals surface area contributed by atoms with Gasteiger partial charge in [-0.3, -0.25) is 0 Å². The minimum Gasteiger partial charge on any atom is -0.480 e. The molecule has 1 aromatic heterocycles. The van der Waals surface area contributed by atoms with E-state index in [1.165, 1.54) is 0 Å². The highest BCUT2D eigenvalue weighted by Gasteiger charge is 2.29. The summed E-state index contributed by atoms with van der Waals surface area (Å²) >= 11 is 6.13. The van der Waals surface area contributed by atoms with Crippen LogP contribution in [0.1, 0.15) is 26.6 Å². The number of benzene rings is 2. The number of fused-ring (bicyclic) bond motifs is 1. The van der Waals surface area contributed by atoms with Crippen LogP contribution in [0.5, 0.6) is 5.75 Å². The molecule has 5 heteroatoms. The Hall–Kier alpha value is -2.20. The maximum Gasteiger partial charge on any atom is 0.161 e. The highest BCUT2D eigenvalue weighted by atomic mass is 35.5. The summed E-state index contributed by atoms with van der Waals surface area (Å²) in [6.45, 7) is 6.90. The number of nitrogen functional groups attached to an aromatic ring is 1. The van der Waals surface area contributed by atoms with Crippen molar-refractivity contribution in [3.05, 3.63) is 53.3 Å². The van der Waals surface area contributed by atoms with Gasteiger partial charge in [0.2, 0.25) is 0 Å². The lowest BCUT2D eigenvalue weighted by Gasteiger charge is -2.26. The van der Waals surface area contributed by atoms with Crippen molar-refractivity contribution in [2.24, 2.45) is 0 Å². The van der Waals surface area contributed by atoms with E-state index in [4.69, 9.17) is 27.1 Å². The molecule has 3 aromatic rings. The summed E-state index contributed by atoms with van der Waals surface area (Å²) in [6.07, 6.45) is 0. The standard InChI is InChI=1S/C18H20ClN3O/c1-4-22-16-11-12(19)5-10-15(16)21-17(22)18(2,3)23-14-8-6-13(20)7-9-14/h5-11H,4,20H2,1-3H3. The van der Waals surface area contributed by atoms with E-state index in [0.717, 1.165) is 29.2 Å². The van der Waals surface area contributed by atoms with Crippen molar-refractivity contribution in [2.45, 2.75) is 32.9 Å². The lowest BCUT2D eigenvalue weighted by atomic mass is 10.1. The van der Waals surface area contributed by atoms with Crippen molar-refractivity contribution in [3.8, 4) is 5.75 Å². The van der Waals surface area contributed by atoms with Gasteiger partial charge >= 0.3 is 0 Å². The molecule has 1 heterocycles. The highest BCUT2D eigenvalue weighted by molar-refractivity contribution is 6.31. The summed E-state index contributed by atoms with van der Waals surface area (Å²) in [5.41, 5.74) is 7.79. The van der Waals surface area contributed by atoms with E-state index in [9.17, 15) is 0 Å². The van der Waals surface area contributed by atoms with E-state index in [1.54, 1.807) is 0 Å². The predicted molar refractivity (Wildman–Crippen MR) is 94.9 cm³/mol. The molecule has 0 unspecified atom stereocenters. The van der Waals surface area contributed by atoms with Gasteiger partial charge in [0.05, 0.1) is 11.0 Å². The minimum atomic E-state index is -0.586. The Morgan fingerprint density at radius 1 is 1.17 bits per heavy atom. The largest absolute Gasteiger partial charge is 0.480 e. The van der Waals surface area contributed by atoms with E-state index in [0.29, 0.717) is 10.7 Å². The molecular weight excluding hydrogens is 310 g/mol. The van der Waals surface area contributed by atoms with Crippen LogP contribution >= 0.6 is 11.6 Å². The lowest BCUT2D eigenvalue weighted by Crippen LogP contribution is -2.29. The third-order valence-corrected chi connectivity index (χ3v) is 4.05. The van der Waals surface area contributed by atoms with Gasteiger partial charge in [-0.15, -0.1) is 0 Å². The van der Waals surface area contributed by atoms with Gasteiger partial charge in [-0.25, -0.2) is 4.98 Å². The summed E-state index contributed by atoms with van der Waals surface area (Å²) < 4.78 is 8.31. The third kappa shape index (κ3) is 2.99. The average molecular weight is 330 g/mol. The smallest absolute Gasteiger partial charge is 0.161 e. The molecule has 0 atom stereocenters. The second-order valence-corrected chi connectivity index (χ2v) is 6.43. The number of nitrogens with two attached hydrogens (primary N) is 1. The van der Waals surface area contributed by atoms with Crippen molar-refractivity contribution < 1.29 is 4.74 Å². The van der Waals surface area contributed by atoms with Crippen LogP contribution in [0.15, 0.2) is 42.5 Å². The molecule has 120 valence electrons. The number of nitrogens with zero attached hydrogens (tertiary/aromatic N) is 2. The van der Waals surface area contributed by atoms with Crippen LogP contribution in [0.2, 0.25) is 5.02 Å². The number of hydrogen-bond donors (Lipinski definition) is 1. The first kappa shape index (κ1) is 15.7. The van der Waals surface area contributed by atoms with Crippen LogP contribution in [0, 0.1) is 0 Å². The Bertz CT molecular complexity index is 837. The van der Waals surface area contributed by atoms with Gasteiger partial charge in [0.15, 0.2) is 11.4 Å². The lowest BCUT2D eigenvalue weighted by molar-refractivity contribution is 0.0949. The van der Waals surface area contributed by atoms with Crippen molar-refractivity contribution in [1.29, 1.82) is 0 Å². The molecule has 23 heavy (non-hydrogen) atoms. The fourth-order valence-corrected chi connectivity index (χ4v) is 2.92. The highest BCUT2D eigenvalue weighted by Crippen LogP contribution is 2.31. The molecule has 0 aliphatic heterocycles. The molecule has 2 aromatic carbocycles. The summed E-state index contributed by atoms with van der Waals surface area (Å²) in [6, 6.07) is 13.1. The Labute approximate surface area is 140 Å². The number of halogens is 1. The molecular formula is C18H20ClN3O. The van der Waals surface area contributed by atoms with Gasteiger partial charge in [0.25, 0.3) is 0 Å². The fourth-order valence-electron chi connectivity index (χ4n) is 2.75. The molecule has 0 fully saturated rings. The molecule has 0 aliphatic rings. The number of rotatable bonds is 4. The molecule has 0 aliphatic carbocycles. The Morgan fingerprint density at radius 3 is 2.52 bits per heavy atom. The van der Waals surface area contributed by atoms with Crippen molar-refractivity contribution in [2.75, 3.05) is 5.73 Å². The van der Waals surface area contributed by atoms with E-state index >= 15 is 0 Å². The molecule has 3 rings (SSSR count). The minimum absolute atomic E-state index is 0.586. The second-order valence-electron chi connectivity index (χ2n) is 5.99. The zero-order chi connectivity index (χ0) is 16.6. The SMILES string of the molecule is CCn1c(C(C)(C)Oc2ccc(N)cc2)nc2ccc(Cl)cc21. The van der Waals surface area contributed by atoms with Crippen molar-refractivity contribution >= 4 is 28.3 Å². The molecule has 4 nitrogen and oxygen atoms in total. The van der Waals surface area contributed by atoms with Gasteiger partial charge in [-0.05, 0) is 63.2 Å². The zero-order valence-corrected chi connectivity index (χ0v) is 14.3. The number of aryl methyl sites for hydroxylation is 1. The summed E-state index contributed by atoms with van der Waals surface area (Å²) in [7, 11) is 0. The third-order valence-electron chi connectivity index (χ3n) is 3.82. The first-order valence-electron chi connectivity index (χ1n) is 7.61. The Balaban J connectivity index is 2.04. The fraction of sp³-hybridized carbons (Fsp3) is 0.278. The quantitative estimate of drug-likeness (QED) is 0.711. The van der Waals surface area contributed by atoms with Crippen LogP contribution in [0.25, 0.3) is 11.0 Å². The maximum absolute atomic E-state index is 6.17. The molecule has 0 bridgehead atoms. The molecule has 0 spiro atoms. The molecule has 0 radical (unpaired) electrons. The van der Waals surface area contributed by atoms with Crippen LogP contribution in [-0.2, 0) is 12.1 Å². The number of aromatic nitrogens is 2.